The van der Waals surface area contributed by atoms with Crippen LogP contribution in [0.25, 0.3) is 16.8 Å². The molecular weight excluding hydrogens is 485 g/mol. The van der Waals surface area contributed by atoms with E-state index in [0.29, 0.717) is 22.5 Å². The first-order valence-corrected chi connectivity index (χ1v) is 12.0. The zero-order valence-electron chi connectivity index (χ0n) is 19.1. The first-order valence-electron chi connectivity index (χ1n) is 11.2. The van der Waals surface area contributed by atoms with Crippen LogP contribution in [0.5, 0.6) is 0 Å². The number of nitrogens with zero attached hydrogens (tertiary/aromatic N) is 3. The third-order valence-corrected chi connectivity index (χ3v) is 6.81. The highest BCUT2D eigenvalue weighted by Crippen LogP contribution is 2.28. The molecule has 3 amide bonds. The Morgan fingerprint density at radius 1 is 1.22 bits per heavy atom. The molecule has 4 aromatic rings. The first kappa shape index (κ1) is 23.4. The molecule has 0 bridgehead atoms. The van der Waals surface area contributed by atoms with E-state index in [1.54, 1.807) is 35.8 Å². The van der Waals surface area contributed by atoms with Crippen molar-refractivity contribution in [1.82, 2.24) is 30.5 Å². The predicted octanol–water partition coefficient (Wildman–Crippen LogP) is 2.29. The summed E-state index contributed by atoms with van der Waals surface area (Å²) in [5, 5.41) is 14.4. The number of nitrogens with two attached hydrogens (primary N) is 1. The largest absolute Gasteiger partial charge is 0.366 e. The summed E-state index contributed by atoms with van der Waals surface area (Å²) in [7, 11) is 0. The van der Waals surface area contributed by atoms with E-state index < -0.39 is 5.91 Å². The Bertz CT molecular complexity index is 1480. The molecule has 4 heterocycles. The fourth-order valence-electron chi connectivity index (χ4n) is 4.01. The summed E-state index contributed by atoms with van der Waals surface area (Å²) in [6, 6.07) is 8.70. The minimum atomic E-state index is -0.405. The summed E-state index contributed by atoms with van der Waals surface area (Å²) < 4.78 is 14.6. The number of carbonyl (C=O) groups excluding carboxylic acids is 3. The average Bonchev–Trinajstić information content (AvgIpc) is 3.58. The lowest BCUT2D eigenvalue weighted by Gasteiger charge is -2.13. The smallest absolute Gasteiger partial charge is 0.261 e. The molecule has 5 N–H and O–H groups in total. The van der Waals surface area contributed by atoms with E-state index in [1.807, 2.05) is 6.92 Å². The second-order valence-corrected chi connectivity index (χ2v) is 9.42. The highest BCUT2D eigenvalue weighted by Gasteiger charge is 2.25. The van der Waals surface area contributed by atoms with Gasteiger partial charge in [-0.3, -0.25) is 14.4 Å². The predicted molar refractivity (Wildman–Crippen MR) is 132 cm³/mol. The quantitative estimate of drug-likeness (QED) is 0.315. The van der Waals surface area contributed by atoms with Gasteiger partial charge in [-0.1, -0.05) is 12.1 Å². The molecule has 1 unspecified atom stereocenters. The van der Waals surface area contributed by atoms with Crippen molar-refractivity contribution in [3.63, 3.8) is 0 Å². The molecule has 184 valence electrons. The third kappa shape index (κ3) is 4.75. The maximum atomic E-state index is 13.2. The number of carbonyl (C=O) groups is 3. The van der Waals surface area contributed by atoms with E-state index in [4.69, 9.17) is 5.73 Å². The number of pyridine rings is 1. The third-order valence-electron chi connectivity index (χ3n) is 5.88. The number of hydrogen-bond donors (Lipinski definition) is 4. The highest BCUT2D eigenvalue weighted by molar-refractivity contribution is 7.12. The summed E-state index contributed by atoms with van der Waals surface area (Å²) in [6.45, 7) is 2.18. The van der Waals surface area contributed by atoms with Crippen LogP contribution in [0.15, 0.2) is 48.0 Å². The van der Waals surface area contributed by atoms with E-state index in [9.17, 15) is 18.8 Å². The molecule has 1 aliphatic heterocycles. The van der Waals surface area contributed by atoms with Gasteiger partial charge in [0.15, 0.2) is 5.65 Å². The van der Waals surface area contributed by atoms with Crippen molar-refractivity contribution in [2.24, 2.45) is 0 Å². The number of amides is 3. The minimum Gasteiger partial charge on any atom is -0.366 e. The number of anilines is 1. The van der Waals surface area contributed by atoms with Gasteiger partial charge in [-0.25, -0.2) is 8.91 Å². The Balaban J connectivity index is 1.39. The topological polar surface area (TPSA) is 144 Å². The molecule has 1 fully saturated rings. The molecule has 1 saturated heterocycles. The molecule has 3 aromatic heterocycles. The van der Waals surface area contributed by atoms with Crippen molar-refractivity contribution < 1.29 is 18.8 Å². The van der Waals surface area contributed by atoms with Crippen molar-refractivity contribution in [3.8, 4) is 11.1 Å². The van der Waals surface area contributed by atoms with Crippen LogP contribution in [0.2, 0.25) is 0 Å². The molecule has 0 aliphatic carbocycles. The highest BCUT2D eigenvalue weighted by atomic mass is 32.1. The fraction of sp³-hybridized carbons (Fsp3) is 0.208. The molecule has 0 spiro atoms. The Morgan fingerprint density at radius 3 is 2.72 bits per heavy atom. The number of benzene rings is 1. The van der Waals surface area contributed by atoms with Gasteiger partial charge in [-0.2, -0.15) is 4.98 Å². The molecule has 5 rings (SSSR count). The van der Waals surface area contributed by atoms with Crippen LogP contribution in [0.3, 0.4) is 0 Å². The number of hydrogen-bond acceptors (Lipinski definition) is 7. The van der Waals surface area contributed by atoms with Crippen LogP contribution >= 0.6 is 11.3 Å². The van der Waals surface area contributed by atoms with E-state index in [-0.39, 0.29) is 53.3 Å². The van der Waals surface area contributed by atoms with E-state index in [1.165, 1.54) is 28.0 Å². The lowest BCUT2D eigenvalue weighted by Crippen LogP contribution is -2.36. The summed E-state index contributed by atoms with van der Waals surface area (Å²) in [4.78, 5) is 42.0. The molecule has 1 aliphatic rings. The molecular formula is C24H22FN7O3S. The molecule has 1 aromatic carbocycles. The number of halogens is 1. The van der Waals surface area contributed by atoms with Crippen LogP contribution in [-0.2, 0) is 4.79 Å². The Hall–Kier alpha value is -4.32. The van der Waals surface area contributed by atoms with Crippen LogP contribution in [-0.4, -0.2) is 44.9 Å². The molecule has 0 radical (unpaired) electrons. The maximum absolute atomic E-state index is 13.2. The van der Waals surface area contributed by atoms with Gasteiger partial charge in [0.25, 0.3) is 11.8 Å². The van der Waals surface area contributed by atoms with Crippen LogP contribution in [0, 0.1) is 5.82 Å². The second kappa shape index (κ2) is 9.38. The van der Waals surface area contributed by atoms with Gasteiger partial charge in [0, 0.05) is 24.7 Å². The fourth-order valence-corrected chi connectivity index (χ4v) is 4.83. The molecule has 36 heavy (non-hydrogen) atoms. The molecule has 12 heteroatoms. The second-order valence-electron chi connectivity index (χ2n) is 8.51. The number of fused-ring (bicyclic) bond motifs is 1. The number of nitrogens with one attached hydrogen (secondary N) is 3. The van der Waals surface area contributed by atoms with E-state index >= 15 is 0 Å². The number of nitrogen functional groups attached to an aromatic ring is 1. The van der Waals surface area contributed by atoms with Crippen molar-refractivity contribution in [2.45, 2.75) is 25.4 Å². The molecule has 10 nitrogen and oxygen atoms in total. The summed E-state index contributed by atoms with van der Waals surface area (Å²) in [5.41, 5.74) is 8.44. The SMILES string of the molecule is C[C@H](NC(=O)c1cc(-c2cc(C(=O)NC3CNC(=O)C3)c3nc(N)nn3c2)cs1)c1ccc(F)cc1. The number of rotatable bonds is 6. The molecule has 0 saturated carbocycles. The average molecular weight is 508 g/mol. The van der Waals surface area contributed by atoms with Crippen molar-refractivity contribution in [1.29, 1.82) is 0 Å². The Morgan fingerprint density at radius 2 is 2.00 bits per heavy atom. The van der Waals surface area contributed by atoms with Gasteiger partial charge in [0.1, 0.15) is 5.82 Å². The van der Waals surface area contributed by atoms with Crippen LogP contribution in [0.1, 0.15) is 45.0 Å². The van der Waals surface area contributed by atoms with Gasteiger partial charge in [0.05, 0.1) is 22.5 Å². The lowest BCUT2D eigenvalue weighted by molar-refractivity contribution is -0.119. The van der Waals surface area contributed by atoms with Gasteiger partial charge in [-0.15, -0.1) is 16.4 Å². The van der Waals surface area contributed by atoms with Crippen LogP contribution in [0.4, 0.5) is 10.3 Å². The minimum absolute atomic E-state index is 0.0130. The monoisotopic (exact) mass is 507 g/mol. The zero-order valence-corrected chi connectivity index (χ0v) is 19.9. The Labute approximate surface area is 208 Å². The standard InChI is InChI=1S/C24H22FN7O3S/c1-12(13-2-4-16(25)5-3-13)28-23(35)19-7-15(11-36-19)14-6-18(21-30-24(26)31-32(21)10-14)22(34)29-17-8-20(33)27-9-17/h2-7,10-12,17H,8-9H2,1H3,(H2,26,31)(H,27,33)(H,28,35)(H,29,34)/t12-,17?/m0/s1. The first-order chi connectivity index (χ1) is 17.3. The number of thiophene rings is 1. The van der Waals surface area contributed by atoms with Crippen molar-refractivity contribution >= 4 is 40.7 Å². The molecule has 2 atom stereocenters. The summed E-state index contributed by atoms with van der Waals surface area (Å²) >= 11 is 1.26. The van der Waals surface area contributed by atoms with Gasteiger partial charge < -0.3 is 21.7 Å². The van der Waals surface area contributed by atoms with E-state index in [0.717, 1.165) is 5.56 Å². The lowest BCUT2D eigenvalue weighted by atomic mass is 10.1. The Kier molecular flexibility index (Phi) is 6.10. The van der Waals surface area contributed by atoms with Crippen LogP contribution < -0.4 is 21.7 Å². The maximum Gasteiger partial charge on any atom is 0.261 e. The normalized spacial score (nSPS) is 16.1. The van der Waals surface area contributed by atoms with Gasteiger partial charge in [0.2, 0.25) is 11.9 Å². The van der Waals surface area contributed by atoms with Crippen molar-refractivity contribution in [3.05, 3.63) is 69.8 Å². The van der Waals surface area contributed by atoms with Gasteiger partial charge in [-0.05, 0) is 47.7 Å². The van der Waals surface area contributed by atoms with Crippen molar-refractivity contribution in [2.75, 3.05) is 12.3 Å². The van der Waals surface area contributed by atoms with E-state index in [2.05, 4.69) is 26.0 Å². The summed E-state index contributed by atoms with van der Waals surface area (Å²) in [6.07, 6.45) is 1.89. The summed E-state index contributed by atoms with van der Waals surface area (Å²) in [5.74, 6) is -1.13. The zero-order chi connectivity index (χ0) is 25.4. The van der Waals surface area contributed by atoms with Gasteiger partial charge >= 0.3 is 0 Å². The number of aromatic nitrogens is 3.